The van der Waals surface area contributed by atoms with Crippen LogP contribution in [0.2, 0.25) is 0 Å². The second-order valence-electron chi connectivity index (χ2n) is 5.73. The smallest absolute Gasteiger partial charge is 0.149 e. The maximum Gasteiger partial charge on any atom is 0.149 e. The zero-order chi connectivity index (χ0) is 14.9. The third-order valence-corrected chi connectivity index (χ3v) is 3.53. The quantitative estimate of drug-likeness (QED) is 0.926. The van der Waals surface area contributed by atoms with Crippen molar-refractivity contribution < 1.29 is 13.5 Å². The van der Waals surface area contributed by atoms with E-state index in [4.69, 9.17) is 10.5 Å². The van der Waals surface area contributed by atoms with E-state index in [1.54, 1.807) is 4.90 Å². The number of ether oxygens (including phenoxy) is 1. The highest BCUT2D eigenvalue weighted by molar-refractivity contribution is 5.52. The van der Waals surface area contributed by atoms with Crippen molar-refractivity contribution in [3.63, 3.8) is 0 Å². The van der Waals surface area contributed by atoms with Crippen LogP contribution in [0.4, 0.5) is 14.5 Å². The molecular weight excluding hydrogens is 262 g/mol. The summed E-state index contributed by atoms with van der Waals surface area (Å²) >= 11 is 0. The first-order valence-corrected chi connectivity index (χ1v) is 7.00. The van der Waals surface area contributed by atoms with Gasteiger partial charge in [0.25, 0.3) is 0 Å². The van der Waals surface area contributed by atoms with Gasteiger partial charge in [-0.15, -0.1) is 0 Å². The molecule has 3 atom stereocenters. The van der Waals surface area contributed by atoms with Crippen LogP contribution >= 0.6 is 0 Å². The number of morpholine rings is 1. The van der Waals surface area contributed by atoms with Crippen molar-refractivity contribution in [1.29, 1.82) is 0 Å². The molecule has 1 aliphatic rings. The van der Waals surface area contributed by atoms with Crippen LogP contribution in [0.25, 0.3) is 0 Å². The number of rotatable bonds is 3. The van der Waals surface area contributed by atoms with Crippen LogP contribution in [0.1, 0.15) is 26.3 Å². The van der Waals surface area contributed by atoms with Crippen LogP contribution in [-0.4, -0.2) is 31.3 Å². The van der Waals surface area contributed by atoms with Crippen LogP contribution < -0.4 is 10.6 Å². The Hall–Kier alpha value is -1.20. The Morgan fingerprint density at radius 1 is 1.35 bits per heavy atom. The number of hydrogen-bond acceptors (Lipinski definition) is 3. The first-order chi connectivity index (χ1) is 9.38. The summed E-state index contributed by atoms with van der Waals surface area (Å²) in [5.41, 5.74) is 6.31. The molecule has 2 N–H and O–H groups in total. The van der Waals surface area contributed by atoms with Crippen molar-refractivity contribution in [3.8, 4) is 0 Å². The van der Waals surface area contributed by atoms with Gasteiger partial charge in [0.1, 0.15) is 17.3 Å². The van der Waals surface area contributed by atoms with Gasteiger partial charge in [0, 0.05) is 18.6 Å². The van der Waals surface area contributed by atoms with Crippen molar-refractivity contribution in [1.82, 2.24) is 0 Å². The van der Waals surface area contributed by atoms with E-state index < -0.39 is 11.6 Å². The molecule has 1 aromatic carbocycles. The van der Waals surface area contributed by atoms with Crippen molar-refractivity contribution in [2.45, 2.75) is 45.4 Å². The minimum Gasteiger partial charge on any atom is -0.375 e. The van der Waals surface area contributed by atoms with Gasteiger partial charge in [-0.05, 0) is 44.9 Å². The van der Waals surface area contributed by atoms with Gasteiger partial charge in [-0.25, -0.2) is 8.78 Å². The van der Waals surface area contributed by atoms with E-state index >= 15 is 0 Å². The van der Waals surface area contributed by atoms with Gasteiger partial charge in [-0.3, -0.25) is 0 Å². The minimum atomic E-state index is -0.526. The van der Waals surface area contributed by atoms with E-state index in [1.165, 1.54) is 12.1 Å². The van der Waals surface area contributed by atoms with Crippen molar-refractivity contribution in [2.75, 3.05) is 18.1 Å². The summed E-state index contributed by atoms with van der Waals surface area (Å²) in [6, 6.07) is 2.60. The minimum absolute atomic E-state index is 0.0336. The van der Waals surface area contributed by atoms with E-state index in [0.29, 0.717) is 25.1 Å². The van der Waals surface area contributed by atoms with E-state index in [2.05, 4.69) is 0 Å². The highest BCUT2D eigenvalue weighted by atomic mass is 19.1. The zero-order valence-electron chi connectivity index (χ0n) is 12.2. The molecule has 1 aliphatic heterocycles. The number of benzene rings is 1. The Balaban J connectivity index is 2.31. The molecule has 20 heavy (non-hydrogen) atoms. The summed E-state index contributed by atoms with van der Waals surface area (Å²) in [5.74, 6) is -1.05. The molecule has 0 radical (unpaired) electrons. The molecule has 0 saturated carbocycles. The molecule has 0 bridgehead atoms. The van der Waals surface area contributed by atoms with Crippen LogP contribution in [-0.2, 0) is 11.2 Å². The lowest BCUT2D eigenvalue weighted by molar-refractivity contribution is 0.0338. The molecule has 5 heteroatoms. The molecule has 1 aromatic rings. The second kappa shape index (κ2) is 6.06. The van der Waals surface area contributed by atoms with E-state index in [-0.39, 0.29) is 23.9 Å². The van der Waals surface area contributed by atoms with Gasteiger partial charge >= 0.3 is 0 Å². The molecular formula is C15H22F2N2O. The van der Waals surface area contributed by atoms with Crippen LogP contribution in [0, 0.1) is 11.6 Å². The number of anilines is 1. The lowest BCUT2D eigenvalue weighted by Gasteiger charge is -2.38. The molecule has 3 nitrogen and oxygen atoms in total. The molecule has 0 aliphatic carbocycles. The van der Waals surface area contributed by atoms with E-state index in [9.17, 15) is 8.78 Å². The molecule has 1 fully saturated rings. The van der Waals surface area contributed by atoms with Gasteiger partial charge in [-0.2, -0.15) is 0 Å². The Kier molecular flexibility index (Phi) is 4.60. The first kappa shape index (κ1) is 15.2. The van der Waals surface area contributed by atoms with Gasteiger partial charge in [0.15, 0.2) is 0 Å². The van der Waals surface area contributed by atoms with Gasteiger partial charge < -0.3 is 15.4 Å². The number of halogens is 2. The summed E-state index contributed by atoms with van der Waals surface area (Å²) in [6.45, 7) is 6.58. The molecule has 1 heterocycles. The summed E-state index contributed by atoms with van der Waals surface area (Å²) in [7, 11) is 0. The fourth-order valence-electron chi connectivity index (χ4n) is 2.60. The van der Waals surface area contributed by atoms with E-state index in [1.807, 2.05) is 20.8 Å². The molecule has 3 unspecified atom stereocenters. The van der Waals surface area contributed by atoms with Gasteiger partial charge in [-0.1, -0.05) is 0 Å². The highest BCUT2D eigenvalue weighted by Gasteiger charge is 2.28. The number of hydrogen-bond donors (Lipinski definition) is 1. The zero-order valence-corrected chi connectivity index (χ0v) is 12.2. The SMILES string of the molecule is CC(N)Cc1cc(F)c(N2CC(C)OCC2C)c(F)c1. The standard InChI is InChI=1S/C15H22F2N2O/c1-9(18)4-12-5-13(16)15(14(17)6-12)19-7-11(3)20-8-10(19)2/h5-6,9-11H,4,7-8,18H2,1-3H3. The second-order valence-corrected chi connectivity index (χ2v) is 5.73. The largest absolute Gasteiger partial charge is 0.375 e. The number of nitrogens with two attached hydrogens (primary N) is 1. The average molecular weight is 284 g/mol. The normalized spacial score (nSPS) is 24.8. The predicted molar refractivity (Wildman–Crippen MR) is 75.9 cm³/mol. The Bertz CT molecular complexity index is 456. The summed E-state index contributed by atoms with van der Waals surface area (Å²) in [5, 5.41) is 0. The topological polar surface area (TPSA) is 38.5 Å². The maximum absolute atomic E-state index is 14.3. The Labute approximate surface area is 118 Å². The van der Waals surface area contributed by atoms with Crippen LogP contribution in [0.15, 0.2) is 12.1 Å². The maximum atomic E-state index is 14.3. The molecule has 1 saturated heterocycles. The average Bonchev–Trinajstić information content (AvgIpc) is 2.31. The van der Waals surface area contributed by atoms with Crippen LogP contribution in [0.3, 0.4) is 0 Å². The number of nitrogens with zero attached hydrogens (tertiary/aromatic N) is 1. The lowest BCUT2D eigenvalue weighted by atomic mass is 10.0. The lowest BCUT2D eigenvalue weighted by Crippen LogP contribution is -2.48. The van der Waals surface area contributed by atoms with E-state index in [0.717, 1.165) is 0 Å². The molecule has 0 spiro atoms. The van der Waals surface area contributed by atoms with Crippen molar-refractivity contribution in [3.05, 3.63) is 29.3 Å². The predicted octanol–water partition coefficient (Wildman–Crippen LogP) is 2.47. The molecule has 0 amide bonds. The molecule has 0 aromatic heterocycles. The Morgan fingerprint density at radius 2 is 1.95 bits per heavy atom. The molecule has 112 valence electrons. The summed E-state index contributed by atoms with van der Waals surface area (Å²) < 4.78 is 34.1. The first-order valence-electron chi connectivity index (χ1n) is 7.00. The third kappa shape index (κ3) is 3.27. The highest BCUT2D eigenvalue weighted by Crippen LogP contribution is 2.29. The fourth-order valence-corrected chi connectivity index (χ4v) is 2.60. The van der Waals surface area contributed by atoms with Crippen molar-refractivity contribution in [2.24, 2.45) is 5.73 Å². The van der Waals surface area contributed by atoms with Gasteiger partial charge in [0.05, 0.1) is 12.7 Å². The molecule has 2 rings (SSSR count). The van der Waals surface area contributed by atoms with Crippen molar-refractivity contribution >= 4 is 5.69 Å². The van der Waals surface area contributed by atoms with Gasteiger partial charge in [0.2, 0.25) is 0 Å². The van der Waals surface area contributed by atoms with Crippen LogP contribution in [0.5, 0.6) is 0 Å². The summed E-state index contributed by atoms with van der Waals surface area (Å²) in [6.07, 6.45) is 0.428. The third-order valence-electron chi connectivity index (χ3n) is 3.53. The summed E-state index contributed by atoms with van der Waals surface area (Å²) in [4.78, 5) is 1.74. The Morgan fingerprint density at radius 3 is 2.50 bits per heavy atom. The fraction of sp³-hybridized carbons (Fsp3) is 0.600. The monoisotopic (exact) mass is 284 g/mol.